The molecule has 0 spiro atoms. The summed E-state index contributed by atoms with van der Waals surface area (Å²) >= 11 is 1.04. The minimum absolute atomic E-state index is 0. The van der Waals surface area contributed by atoms with Crippen molar-refractivity contribution in [1.82, 2.24) is 4.98 Å². The van der Waals surface area contributed by atoms with Crippen molar-refractivity contribution in [2.75, 3.05) is 5.73 Å². The van der Waals surface area contributed by atoms with E-state index >= 15 is 0 Å². The molecule has 0 saturated carbocycles. The highest BCUT2D eigenvalue weighted by Gasteiger charge is 2.21. The molecule has 0 atom stereocenters. The highest BCUT2D eigenvalue weighted by atomic mass is 35.5. The van der Waals surface area contributed by atoms with E-state index in [-0.39, 0.29) is 28.8 Å². The summed E-state index contributed by atoms with van der Waals surface area (Å²) in [5.74, 6) is -1.62. The molecule has 0 radical (unpaired) electrons. The van der Waals surface area contributed by atoms with E-state index in [0.717, 1.165) is 22.1 Å². The maximum Gasteiger partial charge on any atom is 0.341 e. The molecule has 0 amide bonds. The first kappa shape index (κ1) is 18.6. The molecule has 6 nitrogen and oxygen atoms in total. The number of benzene rings is 2. The number of fused-ring (bicyclic) bond motifs is 2. The van der Waals surface area contributed by atoms with Gasteiger partial charge in [-0.05, 0) is 22.9 Å². The molecular weight excluding hydrogens is 388 g/mol. The number of aromatic amines is 1. The number of H-pyrrole nitrogens is 1. The number of anilines is 1. The van der Waals surface area contributed by atoms with Crippen LogP contribution in [0.3, 0.4) is 0 Å². The van der Waals surface area contributed by atoms with Crippen LogP contribution in [0, 0.1) is 0 Å². The average molecular weight is 401 g/mol. The third-order valence-electron chi connectivity index (χ3n) is 4.19. The van der Waals surface area contributed by atoms with Gasteiger partial charge in [0.15, 0.2) is 0 Å². The Bertz CT molecular complexity index is 1280. The van der Waals surface area contributed by atoms with Crippen LogP contribution in [0.5, 0.6) is 0 Å². The van der Waals surface area contributed by atoms with Gasteiger partial charge in [-0.25, -0.2) is 4.79 Å². The van der Waals surface area contributed by atoms with E-state index in [2.05, 4.69) is 4.98 Å². The third kappa shape index (κ3) is 3.07. The SMILES string of the molecule is Cl.Nc1c(C(=O)c2ccc3ccccc3c2)sc2[nH]c(=O)c(C(=O)O)cc12. The third-order valence-corrected chi connectivity index (χ3v) is 5.33. The summed E-state index contributed by atoms with van der Waals surface area (Å²) in [7, 11) is 0. The number of rotatable bonds is 3. The van der Waals surface area contributed by atoms with Gasteiger partial charge in [0.1, 0.15) is 15.3 Å². The highest BCUT2D eigenvalue weighted by Crippen LogP contribution is 2.34. The minimum Gasteiger partial charge on any atom is -0.477 e. The van der Waals surface area contributed by atoms with Gasteiger partial charge in [-0.1, -0.05) is 36.4 Å². The summed E-state index contributed by atoms with van der Waals surface area (Å²) in [6.45, 7) is 0. The molecule has 0 aliphatic carbocycles. The number of nitrogens with two attached hydrogens (primary N) is 1. The van der Waals surface area contributed by atoms with Gasteiger partial charge in [-0.3, -0.25) is 9.59 Å². The molecule has 0 bridgehead atoms. The zero-order valence-corrected chi connectivity index (χ0v) is 15.3. The summed E-state index contributed by atoms with van der Waals surface area (Å²) in [4.78, 5) is 39.0. The van der Waals surface area contributed by atoms with Crippen molar-refractivity contribution < 1.29 is 14.7 Å². The van der Waals surface area contributed by atoms with Crippen LogP contribution in [0.2, 0.25) is 0 Å². The molecule has 2 aromatic carbocycles. The number of halogens is 1. The molecule has 0 aliphatic heterocycles. The molecule has 4 rings (SSSR count). The molecule has 136 valence electrons. The quantitative estimate of drug-likeness (QED) is 0.454. The monoisotopic (exact) mass is 400 g/mol. The van der Waals surface area contributed by atoms with Crippen molar-refractivity contribution in [3.05, 3.63) is 74.9 Å². The lowest BCUT2D eigenvalue weighted by molar-refractivity contribution is 0.0695. The van der Waals surface area contributed by atoms with Crippen LogP contribution in [-0.4, -0.2) is 21.8 Å². The van der Waals surface area contributed by atoms with E-state index < -0.39 is 17.1 Å². The van der Waals surface area contributed by atoms with E-state index in [1.165, 1.54) is 6.07 Å². The Morgan fingerprint density at radius 3 is 2.44 bits per heavy atom. The molecule has 2 heterocycles. The molecule has 8 heteroatoms. The van der Waals surface area contributed by atoms with Crippen LogP contribution in [0.4, 0.5) is 5.69 Å². The number of aromatic carboxylic acids is 1. The Kier molecular flexibility index (Phi) is 4.73. The zero-order valence-electron chi connectivity index (χ0n) is 13.7. The topological polar surface area (TPSA) is 113 Å². The Balaban J connectivity index is 0.00000210. The summed E-state index contributed by atoms with van der Waals surface area (Å²) in [6.07, 6.45) is 0. The van der Waals surface area contributed by atoms with Crippen LogP contribution in [-0.2, 0) is 0 Å². The molecule has 4 N–H and O–H groups in total. The Hall–Kier alpha value is -3.16. The zero-order chi connectivity index (χ0) is 18.4. The molecule has 2 aromatic heterocycles. The van der Waals surface area contributed by atoms with Crippen molar-refractivity contribution >= 4 is 62.2 Å². The lowest BCUT2D eigenvalue weighted by Gasteiger charge is -2.03. The number of carbonyl (C=O) groups is 2. The van der Waals surface area contributed by atoms with Gasteiger partial charge >= 0.3 is 5.97 Å². The Morgan fingerprint density at radius 2 is 1.74 bits per heavy atom. The number of pyridine rings is 1. The Labute approximate surface area is 162 Å². The number of thiophene rings is 1. The predicted octanol–water partition coefficient (Wildman–Crippen LogP) is 3.68. The number of ketones is 1. The van der Waals surface area contributed by atoms with Gasteiger partial charge in [0.05, 0.1) is 5.69 Å². The standard InChI is InChI=1S/C19H12N2O4S.ClH/c20-14-12-8-13(19(24)25)17(23)21-18(12)26-16(14)15(22)11-6-5-9-3-1-2-4-10(9)7-11;/h1-8H,20H2,(H,21,23)(H,24,25);1H. The lowest BCUT2D eigenvalue weighted by atomic mass is 10.0. The van der Waals surface area contributed by atoms with Crippen molar-refractivity contribution in [1.29, 1.82) is 0 Å². The number of carbonyl (C=O) groups excluding carboxylic acids is 1. The Morgan fingerprint density at radius 1 is 1.04 bits per heavy atom. The van der Waals surface area contributed by atoms with Crippen molar-refractivity contribution in [3.8, 4) is 0 Å². The van der Waals surface area contributed by atoms with Gasteiger partial charge < -0.3 is 15.8 Å². The molecule has 0 saturated heterocycles. The van der Waals surface area contributed by atoms with Crippen LogP contribution in [0.25, 0.3) is 21.0 Å². The molecular formula is C19H13ClN2O4S. The van der Waals surface area contributed by atoms with Crippen LogP contribution < -0.4 is 11.3 Å². The highest BCUT2D eigenvalue weighted by molar-refractivity contribution is 7.21. The number of nitrogens with one attached hydrogen (secondary N) is 1. The van der Waals surface area contributed by atoms with Gasteiger partial charge in [0.25, 0.3) is 5.56 Å². The second-order valence-electron chi connectivity index (χ2n) is 5.80. The van der Waals surface area contributed by atoms with E-state index in [9.17, 15) is 14.4 Å². The number of nitrogen functional groups attached to an aromatic ring is 1. The number of hydrogen-bond acceptors (Lipinski definition) is 5. The van der Waals surface area contributed by atoms with Crippen molar-refractivity contribution in [2.24, 2.45) is 0 Å². The second-order valence-corrected chi connectivity index (χ2v) is 6.82. The molecule has 0 aliphatic rings. The van der Waals surface area contributed by atoms with Gasteiger partial charge in [0.2, 0.25) is 5.78 Å². The van der Waals surface area contributed by atoms with Crippen LogP contribution in [0.1, 0.15) is 25.6 Å². The molecule has 0 fully saturated rings. The van der Waals surface area contributed by atoms with Crippen LogP contribution >= 0.6 is 23.7 Å². The van der Waals surface area contributed by atoms with E-state index in [4.69, 9.17) is 10.8 Å². The first-order valence-corrected chi connectivity index (χ1v) is 8.49. The lowest BCUT2D eigenvalue weighted by Crippen LogP contribution is -2.16. The smallest absolute Gasteiger partial charge is 0.341 e. The molecule has 4 aromatic rings. The molecule has 0 unspecified atom stereocenters. The average Bonchev–Trinajstić information content (AvgIpc) is 2.95. The molecule has 27 heavy (non-hydrogen) atoms. The van der Waals surface area contributed by atoms with E-state index in [1.807, 2.05) is 30.3 Å². The number of aromatic nitrogens is 1. The minimum atomic E-state index is -1.35. The fourth-order valence-electron chi connectivity index (χ4n) is 2.86. The first-order chi connectivity index (χ1) is 12.5. The fraction of sp³-hybridized carbons (Fsp3) is 0. The summed E-state index contributed by atoms with van der Waals surface area (Å²) < 4.78 is 0. The van der Waals surface area contributed by atoms with Crippen molar-refractivity contribution in [2.45, 2.75) is 0 Å². The van der Waals surface area contributed by atoms with Gasteiger partial charge in [-0.15, -0.1) is 23.7 Å². The summed E-state index contributed by atoms with van der Waals surface area (Å²) in [6, 6.07) is 14.3. The number of hydrogen-bond donors (Lipinski definition) is 3. The first-order valence-electron chi connectivity index (χ1n) is 7.68. The largest absolute Gasteiger partial charge is 0.477 e. The van der Waals surface area contributed by atoms with Gasteiger partial charge in [-0.2, -0.15) is 0 Å². The van der Waals surface area contributed by atoms with Crippen LogP contribution in [0.15, 0.2) is 53.3 Å². The van der Waals surface area contributed by atoms with E-state index in [0.29, 0.717) is 15.8 Å². The normalized spacial score (nSPS) is 10.7. The number of carboxylic acids is 1. The summed E-state index contributed by atoms with van der Waals surface area (Å²) in [5.41, 5.74) is 5.59. The summed E-state index contributed by atoms with van der Waals surface area (Å²) in [5, 5.41) is 11.4. The van der Waals surface area contributed by atoms with E-state index in [1.54, 1.807) is 12.1 Å². The maximum absolute atomic E-state index is 12.9. The second kappa shape index (κ2) is 6.86. The van der Waals surface area contributed by atoms with Gasteiger partial charge in [0, 0.05) is 10.9 Å². The predicted molar refractivity (Wildman–Crippen MR) is 108 cm³/mol. The maximum atomic E-state index is 12.9. The van der Waals surface area contributed by atoms with Crippen molar-refractivity contribution in [3.63, 3.8) is 0 Å². The fourth-order valence-corrected chi connectivity index (χ4v) is 3.92. The number of carboxylic acid groups (broad SMARTS) is 1.